The maximum Gasteiger partial charge on any atom is 0.258 e. The van der Waals surface area contributed by atoms with Crippen LogP contribution in [0.25, 0.3) is 0 Å². The Hall–Kier alpha value is -2.20. The quantitative estimate of drug-likeness (QED) is 0.866. The van der Waals surface area contributed by atoms with Gasteiger partial charge in [0.25, 0.3) is 5.91 Å². The molecule has 1 heterocycles. The Kier molecular flexibility index (Phi) is 3.69. The zero-order valence-electron chi connectivity index (χ0n) is 10.00. The van der Waals surface area contributed by atoms with Crippen molar-refractivity contribution in [3.8, 4) is 0 Å². The fourth-order valence-electron chi connectivity index (χ4n) is 1.59. The Morgan fingerprint density at radius 2 is 1.89 bits per heavy atom. The van der Waals surface area contributed by atoms with Crippen LogP contribution in [0.5, 0.6) is 0 Å². The Morgan fingerprint density at radius 3 is 2.56 bits per heavy atom. The minimum absolute atomic E-state index is 0.440. The SMILES string of the molecule is Cc1cccc(NC(=O)C(O)c2ccccc2)n1. The number of rotatable bonds is 3. The van der Waals surface area contributed by atoms with Crippen LogP contribution in [0.4, 0.5) is 5.82 Å². The molecular formula is C14H14N2O2. The lowest BCUT2D eigenvalue weighted by atomic mass is 10.1. The molecule has 1 aromatic heterocycles. The van der Waals surface area contributed by atoms with E-state index in [2.05, 4.69) is 10.3 Å². The highest BCUT2D eigenvalue weighted by Gasteiger charge is 2.17. The molecule has 1 unspecified atom stereocenters. The van der Waals surface area contributed by atoms with E-state index >= 15 is 0 Å². The summed E-state index contributed by atoms with van der Waals surface area (Å²) in [6.07, 6.45) is -1.19. The van der Waals surface area contributed by atoms with Crippen molar-refractivity contribution in [3.05, 3.63) is 59.8 Å². The molecule has 0 spiro atoms. The lowest BCUT2D eigenvalue weighted by Gasteiger charge is -2.11. The molecule has 1 atom stereocenters. The predicted molar refractivity (Wildman–Crippen MR) is 69.0 cm³/mol. The first-order chi connectivity index (χ1) is 8.66. The molecule has 0 aliphatic rings. The molecule has 0 bridgehead atoms. The van der Waals surface area contributed by atoms with Crippen LogP contribution in [0.2, 0.25) is 0 Å². The second-order valence-electron chi connectivity index (χ2n) is 3.97. The van der Waals surface area contributed by atoms with Crippen molar-refractivity contribution in [1.82, 2.24) is 4.98 Å². The number of aryl methyl sites for hydroxylation is 1. The molecule has 0 fully saturated rings. The molecule has 1 aromatic carbocycles. The molecule has 1 amide bonds. The van der Waals surface area contributed by atoms with Crippen LogP contribution in [-0.4, -0.2) is 16.0 Å². The molecule has 18 heavy (non-hydrogen) atoms. The molecule has 0 saturated carbocycles. The summed E-state index contributed by atoms with van der Waals surface area (Å²) in [6.45, 7) is 1.84. The smallest absolute Gasteiger partial charge is 0.258 e. The van der Waals surface area contributed by atoms with Crippen LogP contribution >= 0.6 is 0 Å². The first kappa shape index (κ1) is 12.3. The largest absolute Gasteiger partial charge is 0.378 e. The number of carbonyl (C=O) groups is 1. The van der Waals surface area contributed by atoms with Crippen LogP contribution in [0.15, 0.2) is 48.5 Å². The van der Waals surface area contributed by atoms with Gasteiger partial charge in [-0.2, -0.15) is 0 Å². The van der Waals surface area contributed by atoms with Crippen molar-refractivity contribution < 1.29 is 9.90 Å². The highest BCUT2D eigenvalue weighted by atomic mass is 16.3. The molecule has 0 radical (unpaired) electrons. The predicted octanol–water partition coefficient (Wildman–Crippen LogP) is 2.06. The number of nitrogens with one attached hydrogen (secondary N) is 1. The van der Waals surface area contributed by atoms with E-state index in [1.54, 1.807) is 36.4 Å². The highest BCUT2D eigenvalue weighted by Crippen LogP contribution is 2.14. The molecule has 0 saturated heterocycles. The molecule has 4 heteroatoms. The van der Waals surface area contributed by atoms with Crippen molar-refractivity contribution in [2.45, 2.75) is 13.0 Å². The Bertz CT molecular complexity index is 541. The van der Waals surface area contributed by atoms with E-state index in [1.807, 2.05) is 19.1 Å². The van der Waals surface area contributed by atoms with Gasteiger partial charge in [-0.15, -0.1) is 0 Å². The van der Waals surface area contributed by atoms with E-state index in [0.717, 1.165) is 5.69 Å². The summed E-state index contributed by atoms with van der Waals surface area (Å²) in [6, 6.07) is 14.1. The van der Waals surface area contributed by atoms with Crippen LogP contribution < -0.4 is 5.32 Å². The van der Waals surface area contributed by atoms with Crippen LogP contribution in [-0.2, 0) is 4.79 Å². The summed E-state index contributed by atoms with van der Waals surface area (Å²) in [5.74, 6) is -0.0470. The van der Waals surface area contributed by atoms with Crippen molar-refractivity contribution in [2.75, 3.05) is 5.32 Å². The second-order valence-corrected chi connectivity index (χ2v) is 3.97. The molecule has 2 N–H and O–H groups in total. The monoisotopic (exact) mass is 242 g/mol. The van der Waals surface area contributed by atoms with E-state index in [4.69, 9.17) is 0 Å². The first-order valence-corrected chi connectivity index (χ1v) is 5.64. The first-order valence-electron chi connectivity index (χ1n) is 5.64. The van der Waals surface area contributed by atoms with Gasteiger partial charge in [0.15, 0.2) is 6.10 Å². The standard InChI is InChI=1S/C14H14N2O2/c1-10-6-5-9-12(15-10)16-14(18)13(17)11-7-3-2-4-8-11/h2-9,13,17H,1H3,(H,15,16,18). The van der Waals surface area contributed by atoms with Crippen molar-refractivity contribution >= 4 is 11.7 Å². The summed E-state index contributed by atoms with van der Waals surface area (Å²) in [5, 5.41) is 12.5. The van der Waals surface area contributed by atoms with Gasteiger partial charge in [0.1, 0.15) is 5.82 Å². The van der Waals surface area contributed by atoms with E-state index in [-0.39, 0.29) is 0 Å². The van der Waals surface area contributed by atoms with Crippen molar-refractivity contribution in [2.24, 2.45) is 0 Å². The van der Waals surface area contributed by atoms with Crippen LogP contribution in [0, 0.1) is 6.92 Å². The lowest BCUT2D eigenvalue weighted by Crippen LogP contribution is -2.21. The molecular weight excluding hydrogens is 228 g/mol. The number of pyridine rings is 1. The average Bonchev–Trinajstić information content (AvgIpc) is 2.39. The van der Waals surface area contributed by atoms with Gasteiger partial charge in [-0.05, 0) is 24.6 Å². The van der Waals surface area contributed by atoms with Crippen LogP contribution in [0.1, 0.15) is 17.4 Å². The summed E-state index contributed by atoms with van der Waals surface area (Å²) in [4.78, 5) is 16.0. The number of aliphatic hydroxyl groups is 1. The number of hydrogen-bond donors (Lipinski definition) is 2. The maximum atomic E-state index is 11.8. The van der Waals surface area contributed by atoms with Gasteiger partial charge in [-0.25, -0.2) is 4.98 Å². The van der Waals surface area contributed by atoms with Gasteiger partial charge in [0.05, 0.1) is 0 Å². The molecule has 0 aliphatic heterocycles. The zero-order valence-corrected chi connectivity index (χ0v) is 10.00. The Balaban J connectivity index is 2.09. The summed E-state index contributed by atoms with van der Waals surface area (Å²) < 4.78 is 0. The number of benzene rings is 1. The number of amides is 1. The number of anilines is 1. The second kappa shape index (κ2) is 5.42. The normalized spacial score (nSPS) is 11.9. The topological polar surface area (TPSA) is 62.2 Å². The van der Waals surface area contributed by atoms with Gasteiger partial charge in [0, 0.05) is 5.69 Å². The number of aliphatic hydroxyl groups excluding tert-OH is 1. The van der Waals surface area contributed by atoms with E-state index < -0.39 is 12.0 Å². The van der Waals surface area contributed by atoms with Crippen LogP contribution in [0.3, 0.4) is 0 Å². The van der Waals surface area contributed by atoms with Gasteiger partial charge in [-0.1, -0.05) is 36.4 Å². The number of aromatic nitrogens is 1. The van der Waals surface area contributed by atoms with Gasteiger partial charge < -0.3 is 10.4 Å². The Morgan fingerprint density at radius 1 is 1.17 bits per heavy atom. The third-order valence-electron chi connectivity index (χ3n) is 2.50. The third kappa shape index (κ3) is 2.93. The fourth-order valence-corrected chi connectivity index (χ4v) is 1.59. The molecule has 4 nitrogen and oxygen atoms in total. The Labute approximate surface area is 105 Å². The number of carbonyl (C=O) groups excluding carboxylic acids is 1. The maximum absolute atomic E-state index is 11.8. The van der Waals surface area contributed by atoms with E-state index in [1.165, 1.54) is 0 Å². The minimum atomic E-state index is -1.19. The number of hydrogen-bond acceptors (Lipinski definition) is 3. The summed E-state index contributed by atoms with van der Waals surface area (Å²) >= 11 is 0. The molecule has 2 aromatic rings. The number of nitrogens with zero attached hydrogens (tertiary/aromatic N) is 1. The van der Waals surface area contributed by atoms with Gasteiger partial charge in [0.2, 0.25) is 0 Å². The molecule has 2 rings (SSSR count). The highest BCUT2D eigenvalue weighted by molar-refractivity contribution is 5.93. The van der Waals surface area contributed by atoms with Crippen molar-refractivity contribution in [3.63, 3.8) is 0 Å². The summed E-state index contributed by atoms with van der Waals surface area (Å²) in [5.41, 5.74) is 1.37. The summed E-state index contributed by atoms with van der Waals surface area (Å²) in [7, 11) is 0. The van der Waals surface area contributed by atoms with E-state index in [0.29, 0.717) is 11.4 Å². The van der Waals surface area contributed by atoms with Gasteiger partial charge in [-0.3, -0.25) is 4.79 Å². The minimum Gasteiger partial charge on any atom is -0.378 e. The molecule has 0 aliphatic carbocycles. The lowest BCUT2D eigenvalue weighted by molar-refractivity contribution is -0.124. The third-order valence-corrected chi connectivity index (χ3v) is 2.50. The fraction of sp³-hybridized carbons (Fsp3) is 0.143. The zero-order chi connectivity index (χ0) is 13.0. The van der Waals surface area contributed by atoms with Crippen molar-refractivity contribution in [1.29, 1.82) is 0 Å². The average molecular weight is 242 g/mol. The van der Waals surface area contributed by atoms with Gasteiger partial charge >= 0.3 is 0 Å². The molecule has 92 valence electrons. The van der Waals surface area contributed by atoms with E-state index in [9.17, 15) is 9.90 Å².